The Bertz CT molecular complexity index is 692. The third-order valence-electron chi connectivity index (χ3n) is 4.24. The highest BCUT2D eigenvalue weighted by molar-refractivity contribution is 6.43. The van der Waals surface area contributed by atoms with Crippen LogP contribution in [0.1, 0.15) is 26.7 Å². The number of hydrogen-bond donors (Lipinski definition) is 4. The molecule has 0 spiro atoms. The Kier molecular flexibility index (Phi) is 7.08. The van der Waals surface area contributed by atoms with Crippen LogP contribution in [0.25, 0.3) is 0 Å². The van der Waals surface area contributed by atoms with Crippen LogP contribution in [-0.2, 0) is 9.59 Å². The number of aromatic nitrogens is 1. The summed E-state index contributed by atoms with van der Waals surface area (Å²) >= 11 is 0. The molecule has 0 aromatic carbocycles. The molecule has 1 fully saturated rings. The highest BCUT2D eigenvalue weighted by atomic mass is 19.1. The maximum atomic E-state index is 13.8. The molecule has 0 saturated carbocycles. The van der Waals surface area contributed by atoms with E-state index in [0.717, 1.165) is 6.20 Å². The van der Waals surface area contributed by atoms with Gasteiger partial charge in [0, 0.05) is 12.6 Å². The van der Waals surface area contributed by atoms with Crippen LogP contribution < -0.4 is 15.5 Å². The van der Waals surface area contributed by atoms with Gasteiger partial charge in [-0.2, -0.15) is 0 Å². The maximum Gasteiger partial charge on any atom is 0.475 e. The van der Waals surface area contributed by atoms with E-state index in [9.17, 15) is 28.4 Å². The average molecular weight is 384 g/mol. The predicted octanol–water partition coefficient (Wildman–Crippen LogP) is -0.402. The first-order chi connectivity index (χ1) is 12.7. The molecule has 1 unspecified atom stereocenters. The van der Waals surface area contributed by atoms with Crippen molar-refractivity contribution in [1.82, 2.24) is 15.6 Å². The molecule has 2 rings (SSSR count). The number of rotatable bonds is 8. The lowest BCUT2D eigenvalue weighted by Gasteiger charge is -2.40. The molecular formula is C16H23BF2N4O4. The average Bonchev–Trinajstić information content (AvgIpc) is 2.53. The normalized spacial score (nSPS) is 17.3. The van der Waals surface area contributed by atoms with Gasteiger partial charge in [0.15, 0.2) is 11.6 Å². The molecule has 1 aliphatic rings. The Morgan fingerprint density at radius 1 is 1.41 bits per heavy atom. The van der Waals surface area contributed by atoms with Crippen molar-refractivity contribution in [2.45, 2.75) is 38.7 Å². The molecular weight excluding hydrogens is 361 g/mol. The van der Waals surface area contributed by atoms with E-state index in [2.05, 4.69) is 15.6 Å². The van der Waals surface area contributed by atoms with Gasteiger partial charge in [0.2, 0.25) is 11.8 Å². The van der Waals surface area contributed by atoms with Gasteiger partial charge in [0.05, 0.1) is 18.7 Å². The lowest BCUT2D eigenvalue weighted by molar-refractivity contribution is -0.127. The van der Waals surface area contributed by atoms with Gasteiger partial charge >= 0.3 is 7.12 Å². The summed E-state index contributed by atoms with van der Waals surface area (Å²) in [6.45, 7) is 3.77. The number of pyridine rings is 1. The van der Waals surface area contributed by atoms with Crippen LogP contribution in [0.5, 0.6) is 0 Å². The van der Waals surface area contributed by atoms with E-state index >= 15 is 0 Å². The SMILES string of the molecule is CC(C)CC(NC(=O)CNC(=O)[C@@H]1CCN1c1ncc(F)cc1F)B(O)O. The Morgan fingerprint density at radius 2 is 2.11 bits per heavy atom. The summed E-state index contributed by atoms with van der Waals surface area (Å²) in [6, 6.07) is -0.0156. The van der Waals surface area contributed by atoms with Crippen molar-refractivity contribution in [2.75, 3.05) is 18.0 Å². The fraction of sp³-hybridized carbons (Fsp3) is 0.562. The van der Waals surface area contributed by atoms with Gasteiger partial charge in [0.25, 0.3) is 0 Å². The number of halogens is 2. The molecule has 1 aromatic heterocycles. The van der Waals surface area contributed by atoms with Crippen LogP contribution in [-0.4, -0.2) is 59.0 Å². The molecule has 148 valence electrons. The summed E-state index contributed by atoms with van der Waals surface area (Å²) in [5, 5.41) is 23.5. The fourth-order valence-corrected chi connectivity index (χ4v) is 2.84. The number of carbonyl (C=O) groups excluding carboxylic acids is 2. The Morgan fingerprint density at radius 3 is 2.63 bits per heavy atom. The number of hydrogen-bond acceptors (Lipinski definition) is 6. The summed E-state index contributed by atoms with van der Waals surface area (Å²) in [5.74, 6) is -3.56. The molecule has 8 nitrogen and oxygen atoms in total. The Labute approximate surface area is 156 Å². The van der Waals surface area contributed by atoms with Crippen LogP contribution in [0, 0.1) is 17.6 Å². The molecule has 27 heavy (non-hydrogen) atoms. The first kappa shape index (κ1) is 21.0. The molecule has 2 heterocycles. The van der Waals surface area contributed by atoms with Crippen molar-refractivity contribution in [2.24, 2.45) is 5.92 Å². The maximum absolute atomic E-state index is 13.8. The fourth-order valence-electron chi connectivity index (χ4n) is 2.84. The summed E-state index contributed by atoms with van der Waals surface area (Å²) in [4.78, 5) is 29.2. The number of amides is 2. The number of anilines is 1. The zero-order valence-electron chi connectivity index (χ0n) is 15.2. The minimum Gasteiger partial charge on any atom is -0.426 e. The molecule has 2 amide bonds. The van der Waals surface area contributed by atoms with Gasteiger partial charge in [0.1, 0.15) is 11.9 Å². The molecule has 0 aliphatic carbocycles. The summed E-state index contributed by atoms with van der Waals surface area (Å²) in [7, 11) is -1.71. The van der Waals surface area contributed by atoms with Gasteiger partial charge in [-0.25, -0.2) is 13.8 Å². The summed E-state index contributed by atoms with van der Waals surface area (Å²) in [5.41, 5.74) is 0. The largest absolute Gasteiger partial charge is 0.475 e. The third-order valence-corrected chi connectivity index (χ3v) is 4.24. The van der Waals surface area contributed by atoms with Gasteiger partial charge in [-0.15, -0.1) is 0 Å². The molecule has 1 aliphatic heterocycles. The van der Waals surface area contributed by atoms with E-state index in [-0.39, 0.29) is 18.3 Å². The highest BCUT2D eigenvalue weighted by Gasteiger charge is 2.37. The number of nitrogens with one attached hydrogen (secondary N) is 2. The van der Waals surface area contributed by atoms with Gasteiger partial charge < -0.3 is 25.6 Å². The van der Waals surface area contributed by atoms with Crippen LogP contribution >= 0.6 is 0 Å². The zero-order chi connectivity index (χ0) is 20.1. The second-order valence-electron chi connectivity index (χ2n) is 6.89. The van der Waals surface area contributed by atoms with E-state index < -0.39 is 42.6 Å². The van der Waals surface area contributed by atoms with E-state index in [1.54, 1.807) is 0 Å². The minimum atomic E-state index is -1.71. The topological polar surface area (TPSA) is 115 Å². The van der Waals surface area contributed by atoms with Crippen LogP contribution in [0.2, 0.25) is 0 Å². The van der Waals surface area contributed by atoms with Gasteiger partial charge in [-0.05, 0) is 18.8 Å². The second kappa shape index (κ2) is 9.09. The molecule has 2 atom stereocenters. The molecule has 4 N–H and O–H groups in total. The standard InChI is InChI=1S/C16H23BF2N4O4/c1-9(2)5-13(17(26)27)22-14(24)8-21-16(25)12-3-4-23(12)15-11(19)6-10(18)7-20-15/h6-7,9,12-13,26-27H,3-5,8H2,1-2H3,(H,21,25)(H,22,24)/t12-,13?/m0/s1. The molecule has 0 bridgehead atoms. The van der Waals surface area contributed by atoms with Crippen molar-refractivity contribution in [1.29, 1.82) is 0 Å². The van der Waals surface area contributed by atoms with E-state index in [1.165, 1.54) is 4.90 Å². The van der Waals surface area contributed by atoms with Crippen molar-refractivity contribution >= 4 is 24.8 Å². The first-order valence-electron chi connectivity index (χ1n) is 8.70. The van der Waals surface area contributed by atoms with Crippen molar-refractivity contribution in [3.8, 4) is 0 Å². The van der Waals surface area contributed by atoms with Crippen molar-refractivity contribution in [3.05, 3.63) is 23.9 Å². The van der Waals surface area contributed by atoms with Crippen molar-refractivity contribution < 1.29 is 28.4 Å². The van der Waals surface area contributed by atoms with E-state index in [1.807, 2.05) is 13.8 Å². The third kappa shape index (κ3) is 5.60. The number of carbonyl (C=O) groups is 2. The quantitative estimate of drug-likeness (QED) is 0.454. The van der Waals surface area contributed by atoms with E-state index in [4.69, 9.17) is 0 Å². The summed E-state index contributed by atoms with van der Waals surface area (Å²) in [6.07, 6.45) is 1.68. The van der Waals surface area contributed by atoms with Crippen molar-refractivity contribution in [3.63, 3.8) is 0 Å². The molecule has 11 heteroatoms. The van der Waals surface area contributed by atoms with Crippen LogP contribution in [0.4, 0.5) is 14.6 Å². The Balaban J connectivity index is 1.87. The van der Waals surface area contributed by atoms with E-state index in [0.29, 0.717) is 25.5 Å². The first-order valence-corrected chi connectivity index (χ1v) is 8.70. The van der Waals surface area contributed by atoms with Gasteiger partial charge in [-0.1, -0.05) is 13.8 Å². The van der Waals surface area contributed by atoms with Gasteiger partial charge in [-0.3, -0.25) is 9.59 Å². The highest BCUT2D eigenvalue weighted by Crippen LogP contribution is 2.27. The summed E-state index contributed by atoms with van der Waals surface area (Å²) < 4.78 is 26.8. The molecule has 0 radical (unpaired) electrons. The van der Waals surface area contributed by atoms with Crippen LogP contribution in [0.15, 0.2) is 12.3 Å². The smallest absolute Gasteiger partial charge is 0.426 e. The second-order valence-corrected chi connectivity index (χ2v) is 6.89. The van der Waals surface area contributed by atoms with Crippen LogP contribution in [0.3, 0.4) is 0 Å². The predicted molar refractivity (Wildman–Crippen MR) is 94.5 cm³/mol. The Hall–Kier alpha value is -2.27. The molecule has 1 saturated heterocycles. The zero-order valence-corrected chi connectivity index (χ0v) is 15.2. The monoisotopic (exact) mass is 384 g/mol. The number of nitrogens with zero attached hydrogens (tertiary/aromatic N) is 2. The minimum absolute atomic E-state index is 0.118. The lowest BCUT2D eigenvalue weighted by atomic mass is 9.75. The lowest BCUT2D eigenvalue weighted by Crippen LogP contribution is -2.58. The molecule has 1 aromatic rings.